The van der Waals surface area contributed by atoms with Crippen LogP contribution in [0.1, 0.15) is 31.2 Å². The van der Waals surface area contributed by atoms with E-state index in [2.05, 4.69) is 39.6 Å². The van der Waals surface area contributed by atoms with Gasteiger partial charge in [0.1, 0.15) is 10.8 Å². The summed E-state index contributed by atoms with van der Waals surface area (Å²) in [6.07, 6.45) is 3.55. The zero-order valence-electron chi connectivity index (χ0n) is 25.8. The summed E-state index contributed by atoms with van der Waals surface area (Å²) in [5, 5.41) is 2.89. The standard InChI is InChI=1S/C33H37N5O4S3/c1-33(2,3)42-36-32(40)34-19-26-18-27(31(43-4)45-26)30-35-28(22-44-30)24-11-8-12-25(17-24)41-21-29(39)38-15-13-37(14-16-38)20-23-9-6-5-7-10-23/h5-12,17-19,22H,13-16,20-21H2,1-4H3,(H,36,40). The predicted octanol–water partition coefficient (Wildman–Crippen LogP) is 6.84. The van der Waals surface area contributed by atoms with Gasteiger partial charge in [-0.1, -0.05) is 42.5 Å². The van der Waals surface area contributed by atoms with Gasteiger partial charge in [-0.2, -0.15) is 4.99 Å². The van der Waals surface area contributed by atoms with Crippen LogP contribution in [0, 0.1) is 0 Å². The third-order valence-corrected chi connectivity index (χ3v) is 9.94. The predicted molar refractivity (Wildman–Crippen MR) is 183 cm³/mol. The molecule has 2 aromatic carbocycles. The van der Waals surface area contributed by atoms with Gasteiger partial charge < -0.3 is 9.64 Å². The third-order valence-electron chi connectivity index (χ3n) is 6.86. The van der Waals surface area contributed by atoms with Gasteiger partial charge in [-0.05, 0) is 50.8 Å². The molecule has 0 aliphatic carbocycles. The Morgan fingerprint density at radius 1 is 1.07 bits per heavy atom. The lowest BCUT2D eigenvalue weighted by Gasteiger charge is -2.34. The second kappa shape index (κ2) is 15.2. The summed E-state index contributed by atoms with van der Waals surface area (Å²) in [4.78, 5) is 44.2. The van der Waals surface area contributed by atoms with E-state index < -0.39 is 11.6 Å². The number of rotatable bonds is 10. The van der Waals surface area contributed by atoms with Crippen LogP contribution < -0.4 is 10.2 Å². The van der Waals surface area contributed by atoms with Gasteiger partial charge >= 0.3 is 6.03 Å². The molecule has 2 aromatic heterocycles. The Labute approximate surface area is 276 Å². The van der Waals surface area contributed by atoms with E-state index in [1.165, 1.54) is 11.8 Å². The van der Waals surface area contributed by atoms with Crippen LogP contribution in [0.3, 0.4) is 0 Å². The van der Waals surface area contributed by atoms with E-state index in [0.29, 0.717) is 18.8 Å². The number of benzene rings is 2. The fourth-order valence-electron chi connectivity index (χ4n) is 4.61. The van der Waals surface area contributed by atoms with E-state index in [1.54, 1.807) is 34.4 Å². The van der Waals surface area contributed by atoms with Gasteiger partial charge in [0.2, 0.25) is 0 Å². The maximum atomic E-state index is 12.9. The Balaban J connectivity index is 1.16. The zero-order chi connectivity index (χ0) is 31.8. The summed E-state index contributed by atoms with van der Waals surface area (Å²) in [7, 11) is 0. The van der Waals surface area contributed by atoms with Crippen LogP contribution in [0.5, 0.6) is 5.75 Å². The lowest BCUT2D eigenvalue weighted by molar-refractivity contribution is -0.135. The molecule has 3 amide bonds. The molecule has 0 unspecified atom stereocenters. The number of carbonyl (C=O) groups is 2. The molecule has 0 bridgehead atoms. The van der Waals surface area contributed by atoms with Crippen molar-refractivity contribution in [2.45, 2.75) is 37.1 Å². The summed E-state index contributed by atoms with van der Waals surface area (Å²) in [5.74, 6) is 0.627. The first-order valence-corrected chi connectivity index (χ1v) is 17.5. The van der Waals surface area contributed by atoms with Gasteiger partial charge in [0.05, 0.1) is 15.5 Å². The molecule has 0 saturated carbocycles. The van der Waals surface area contributed by atoms with Crippen LogP contribution in [0.15, 0.2) is 75.2 Å². The maximum Gasteiger partial charge on any atom is 0.364 e. The molecule has 236 valence electrons. The molecular weight excluding hydrogens is 627 g/mol. The van der Waals surface area contributed by atoms with E-state index in [0.717, 1.165) is 50.5 Å². The van der Waals surface area contributed by atoms with Gasteiger partial charge in [0.15, 0.2) is 6.61 Å². The third kappa shape index (κ3) is 9.47. The zero-order valence-corrected chi connectivity index (χ0v) is 28.3. The Morgan fingerprint density at radius 2 is 1.84 bits per heavy atom. The van der Waals surface area contributed by atoms with Crippen molar-refractivity contribution in [3.63, 3.8) is 0 Å². The number of ether oxygens (including phenoxy) is 1. The molecule has 9 nitrogen and oxygen atoms in total. The molecule has 12 heteroatoms. The number of thiazole rings is 1. The number of piperazine rings is 1. The highest BCUT2D eigenvalue weighted by atomic mass is 32.2. The van der Waals surface area contributed by atoms with E-state index in [-0.39, 0.29) is 12.5 Å². The molecule has 5 rings (SSSR count). The Bertz CT molecular complexity index is 1620. The summed E-state index contributed by atoms with van der Waals surface area (Å²) >= 11 is 4.73. The topological polar surface area (TPSA) is 96.4 Å². The largest absolute Gasteiger partial charge is 0.484 e. The highest BCUT2D eigenvalue weighted by Crippen LogP contribution is 2.40. The Kier molecular flexibility index (Phi) is 11.1. The minimum atomic E-state index is -0.563. The highest BCUT2D eigenvalue weighted by Gasteiger charge is 2.22. The molecule has 0 spiro atoms. The average molecular weight is 664 g/mol. The minimum Gasteiger partial charge on any atom is -0.484 e. The van der Waals surface area contributed by atoms with E-state index >= 15 is 0 Å². The molecule has 1 fully saturated rings. The van der Waals surface area contributed by atoms with E-state index in [1.807, 2.05) is 73.7 Å². The first kappa shape index (κ1) is 32.8. The molecule has 1 aliphatic heterocycles. The summed E-state index contributed by atoms with van der Waals surface area (Å²) < 4.78 is 7.02. The summed E-state index contributed by atoms with van der Waals surface area (Å²) in [6, 6.07) is 19.5. The van der Waals surface area contributed by atoms with Crippen molar-refractivity contribution in [3.8, 4) is 27.6 Å². The van der Waals surface area contributed by atoms with Crippen molar-refractivity contribution in [1.29, 1.82) is 0 Å². The first-order valence-electron chi connectivity index (χ1n) is 14.6. The number of aromatic nitrogens is 1. The molecular formula is C33H37N5O4S3. The van der Waals surface area contributed by atoms with Crippen molar-refractivity contribution in [1.82, 2.24) is 20.3 Å². The number of thioether (sulfide) groups is 1. The summed E-state index contributed by atoms with van der Waals surface area (Å²) in [5.41, 5.74) is 5.87. The number of carbonyl (C=O) groups excluding carboxylic acids is 2. The molecule has 1 N–H and O–H groups in total. The molecule has 1 aliphatic rings. The number of amides is 3. The van der Waals surface area contributed by atoms with Crippen molar-refractivity contribution in [2.24, 2.45) is 4.99 Å². The van der Waals surface area contributed by atoms with Gasteiger partial charge in [-0.25, -0.2) is 15.3 Å². The second-order valence-electron chi connectivity index (χ2n) is 11.4. The normalized spacial score (nSPS) is 14.2. The molecule has 45 heavy (non-hydrogen) atoms. The fourth-order valence-corrected chi connectivity index (χ4v) is 7.35. The van der Waals surface area contributed by atoms with Crippen LogP contribution in [-0.2, 0) is 16.2 Å². The lowest BCUT2D eigenvalue weighted by atomic mass is 10.1. The summed E-state index contributed by atoms with van der Waals surface area (Å²) in [6.45, 7) is 9.53. The van der Waals surface area contributed by atoms with Crippen LogP contribution in [-0.4, -0.2) is 77.6 Å². The van der Waals surface area contributed by atoms with Gasteiger partial charge in [-0.3, -0.25) is 14.5 Å². The van der Waals surface area contributed by atoms with Gasteiger partial charge in [-0.15, -0.1) is 34.4 Å². The van der Waals surface area contributed by atoms with Gasteiger partial charge in [0.25, 0.3) is 5.91 Å². The number of urea groups is 1. The number of thiophene rings is 1. The van der Waals surface area contributed by atoms with Crippen LogP contribution in [0.2, 0.25) is 0 Å². The lowest BCUT2D eigenvalue weighted by Crippen LogP contribution is -2.49. The molecule has 0 atom stereocenters. The molecule has 0 radical (unpaired) electrons. The molecule has 1 saturated heterocycles. The van der Waals surface area contributed by atoms with E-state index in [9.17, 15) is 9.59 Å². The Hall–Kier alpha value is -3.55. The van der Waals surface area contributed by atoms with Crippen LogP contribution in [0.4, 0.5) is 4.79 Å². The van der Waals surface area contributed by atoms with Crippen molar-refractivity contribution in [3.05, 3.63) is 76.5 Å². The fraction of sp³-hybridized carbons (Fsp3) is 0.333. The number of nitrogens with zero attached hydrogens (tertiary/aromatic N) is 4. The average Bonchev–Trinajstić information content (AvgIpc) is 3.70. The maximum absolute atomic E-state index is 12.9. The SMILES string of the molecule is CSc1sc(C=NC(=O)NOC(C)(C)C)cc1-c1nc(-c2cccc(OCC(=O)N3CCN(Cc4ccccc4)CC3)c2)cs1. The number of hydroxylamine groups is 1. The number of hydrogen-bond donors (Lipinski definition) is 1. The number of nitrogens with one attached hydrogen (secondary N) is 1. The minimum absolute atomic E-state index is 0.00112. The highest BCUT2D eigenvalue weighted by molar-refractivity contribution is 8.00. The number of aliphatic imine (C=N–C) groups is 1. The van der Waals surface area contributed by atoms with Crippen molar-refractivity contribution < 1.29 is 19.2 Å². The molecule has 3 heterocycles. The van der Waals surface area contributed by atoms with Crippen molar-refractivity contribution >= 4 is 52.6 Å². The number of hydrogen-bond acceptors (Lipinski definition) is 9. The quantitative estimate of drug-likeness (QED) is 0.113. The first-order chi connectivity index (χ1) is 21.7. The smallest absolute Gasteiger partial charge is 0.364 e. The second-order valence-corrected chi connectivity index (χ2v) is 14.4. The van der Waals surface area contributed by atoms with Crippen LogP contribution >= 0.6 is 34.4 Å². The Morgan fingerprint density at radius 3 is 2.58 bits per heavy atom. The van der Waals surface area contributed by atoms with Gasteiger partial charge in [0, 0.05) is 60.3 Å². The monoisotopic (exact) mass is 663 g/mol. The molecule has 4 aromatic rings. The van der Waals surface area contributed by atoms with E-state index in [4.69, 9.17) is 14.6 Å². The van der Waals surface area contributed by atoms with Crippen molar-refractivity contribution in [2.75, 3.05) is 39.0 Å². The van der Waals surface area contributed by atoms with Crippen LogP contribution in [0.25, 0.3) is 21.8 Å².